The Balaban J connectivity index is 1.07. The van der Waals surface area contributed by atoms with E-state index >= 15 is 0 Å². The number of rotatable bonds is 11. The van der Waals surface area contributed by atoms with Gasteiger partial charge in [0.25, 0.3) is 5.91 Å². The Labute approximate surface area is 322 Å². The molecule has 0 saturated carbocycles. The number of carbonyl (C=O) groups is 1. The Morgan fingerprint density at radius 2 is 1.29 bits per heavy atom. The van der Waals surface area contributed by atoms with Gasteiger partial charge in [-0.3, -0.25) is 14.6 Å². The van der Waals surface area contributed by atoms with Gasteiger partial charge in [0.1, 0.15) is 5.56 Å². The number of piperazine rings is 1. The van der Waals surface area contributed by atoms with Crippen LogP contribution in [0.2, 0.25) is 0 Å². The Bertz CT molecular complexity index is 2120. The summed E-state index contributed by atoms with van der Waals surface area (Å²) in [5.74, 6) is -12.5. The third-order valence-electron chi connectivity index (χ3n) is 10.6. The number of hydrogen-bond acceptors (Lipinski definition) is 6. The topological polar surface area (TPSA) is 74.3 Å². The minimum atomic E-state index is -2.33. The van der Waals surface area contributed by atoms with Crippen molar-refractivity contribution in [3.63, 3.8) is 0 Å². The van der Waals surface area contributed by atoms with E-state index in [9.17, 15) is 31.9 Å². The second kappa shape index (κ2) is 17.4. The van der Waals surface area contributed by atoms with Gasteiger partial charge in [-0.25, -0.2) is 22.0 Å². The van der Waals surface area contributed by atoms with Crippen LogP contribution in [0, 0.1) is 35.0 Å². The first-order valence-electron chi connectivity index (χ1n) is 18.6. The molecular weight excluding hydrogens is 729 g/mol. The number of aliphatic hydroxyl groups is 1. The lowest BCUT2D eigenvalue weighted by Gasteiger charge is -2.44. The zero-order chi connectivity index (χ0) is 39.3. The summed E-state index contributed by atoms with van der Waals surface area (Å²) in [7, 11) is 0. The normalized spacial score (nSPS) is 20.6. The molecule has 4 atom stereocenters. The van der Waals surface area contributed by atoms with Crippen LogP contribution in [0.3, 0.4) is 0 Å². The molecule has 2 heterocycles. The van der Waals surface area contributed by atoms with Gasteiger partial charge in [0.15, 0.2) is 29.6 Å². The van der Waals surface area contributed by atoms with Gasteiger partial charge in [0.2, 0.25) is 5.82 Å². The second-order valence-electron chi connectivity index (χ2n) is 14.3. The van der Waals surface area contributed by atoms with Crippen LogP contribution in [-0.4, -0.2) is 59.6 Å². The van der Waals surface area contributed by atoms with E-state index in [1.165, 1.54) is 5.56 Å². The largest absolute Gasteiger partial charge is 0.392 e. The van der Waals surface area contributed by atoms with E-state index in [4.69, 9.17) is 9.47 Å². The van der Waals surface area contributed by atoms with Gasteiger partial charge in [-0.1, -0.05) is 97.9 Å². The number of ether oxygens (including phenoxy) is 2. The first-order valence-corrected chi connectivity index (χ1v) is 18.6. The molecule has 2 fully saturated rings. The zero-order valence-corrected chi connectivity index (χ0v) is 30.7. The lowest BCUT2D eigenvalue weighted by molar-refractivity contribution is -0.276. The molecule has 7 rings (SSSR count). The van der Waals surface area contributed by atoms with Crippen LogP contribution in [0.15, 0.2) is 103 Å². The molecule has 0 spiro atoms. The smallest absolute Gasteiger partial charge is 0.257 e. The van der Waals surface area contributed by atoms with E-state index in [-0.39, 0.29) is 31.3 Å². The summed E-state index contributed by atoms with van der Waals surface area (Å²) in [6, 6.07) is 32.9. The molecular formula is C44H42F5N3O4. The van der Waals surface area contributed by atoms with Crippen molar-refractivity contribution in [2.75, 3.05) is 32.7 Å². The van der Waals surface area contributed by atoms with Crippen molar-refractivity contribution in [3.8, 4) is 11.1 Å². The van der Waals surface area contributed by atoms with Crippen LogP contribution in [0.5, 0.6) is 0 Å². The van der Waals surface area contributed by atoms with Gasteiger partial charge in [0, 0.05) is 57.3 Å². The van der Waals surface area contributed by atoms with Crippen LogP contribution < -0.4 is 5.32 Å². The maximum Gasteiger partial charge on any atom is 0.257 e. The summed E-state index contributed by atoms with van der Waals surface area (Å²) < 4.78 is 82.9. The van der Waals surface area contributed by atoms with E-state index in [0.717, 1.165) is 67.1 Å². The van der Waals surface area contributed by atoms with Crippen molar-refractivity contribution in [2.24, 2.45) is 5.92 Å². The molecule has 292 valence electrons. The molecule has 0 radical (unpaired) electrons. The molecule has 2 aliphatic heterocycles. The van der Waals surface area contributed by atoms with E-state index in [1.54, 1.807) is 18.2 Å². The molecule has 0 aromatic heterocycles. The molecule has 5 aromatic carbocycles. The fourth-order valence-electron chi connectivity index (χ4n) is 7.35. The van der Waals surface area contributed by atoms with E-state index in [2.05, 4.69) is 46.3 Å². The molecule has 1 amide bonds. The lowest BCUT2D eigenvalue weighted by atomic mass is 9.89. The van der Waals surface area contributed by atoms with Crippen LogP contribution in [0.25, 0.3) is 11.1 Å². The Morgan fingerprint density at radius 3 is 1.96 bits per heavy atom. The molecule has 2 aliphatic rings. The van der Waals surface area contributed by atoms with E-state index < -0.39 is 46.8 Å². The quantitative estimate of drug-likeness (QED) is 0.0805. The van der Waals surface area contributed by atoms with Crippen molar-refractivity contribution in [1.82, 2.24) is 15.1 Å². The third-order valence-corrected chi connectivity index (χ3v) is 10.6. The number of aliphatic hydroxyl groups excluding tert-OH is 1. The Morgan fingerprint density at radius 1 is 0.679 bits per heavy atom. The predicted molar refractivity (Wildman–Crippen MR) is 200 cm³/mol. The summed E-state index contributed by atoms with van der Waals surface area (Å²) in [6.45, 7) is 7.21. The molecule has 56 heavy (non-hydrogen) atoms. The van der Waals surface area contributed by atoms with Crippen LogP contribution in [-0.2, 0) is 29.2 Å². The third kappa shape index (κ3) is 8.69. The van der Waals surface area contributed by atoms with Crippen LogP contribution in [0.4, 0.5) is 22.0 Å². The fraction of sp³-hybridized carbons (Fsp3) is 0.295. The lowest BCUT2D eigenvalue weighted by Crippen LogP contribution is -2.51. The van der Waals surface area contributed by atoms with Crippen molar-refractivity contribution < 1.29 is 41.3 Å². The molecule has 2 saturated heterocycles. The molecule has 5 aromatic rings. The average molecular weight is 772 g/mol. The minimum absolute atomic E-state index is 0.00787. The number of carbonyl (C=O) groups excluding carboxylic acids is 1. The minimum Gasteiger partial charge on any atom is -0.392 e. The molecule has 0 bridgehead atoms. The van der Waals surface area contributed by atoms with Crippen molar-refractivity contribution in [2.45, 2.75) is 45.1 Å². The molecule has 0 aliphatic carbocycles. The SMILES string of the molecule is C[C@@H]1[C@H](CN2CCN(Cc3ccccc3)CC2)O[C@H](c2cccc(-c3cccc(CNC(=O)c4c(F)c(F)c(F)c(F)c4F)c3)c2)O[C@@H]1c1ccc(CO)cc1. The number of nitrogens with zero attached hydrogens (tertiary/aromatic N) is 2. The first kappa shape index (κ1) is 39.3. The summed E-state index contributed by atoms with van der Waals surface area (Å²) in [6.07, 6.45) is -1.16. The predicted octanol–water partition coefficient (Wildman–Crippen LogP) is 8.08. The van der Waals surface area contributed by atoms with Gasteiger partial charge in [-0.15, -0.1) is 0 Å². The highest BCUT2D eigenvalue weighted by Gasteiger charge is 2.39. The summed E-state index contributed by atoms with van der Waals surface area (Å²) in [5, 5.41) is 11.9. The maximum absolute atomic E-state index is 14.2. The second-order valence-corrected chi connectivity index (χ2v) is 14.3. The van der Waals surface area contributed by atoms with Gasteiger partial charge < -0.3 is 19.9 Å². The average Bonchev–Trinajstić information content (AvgIpc) is 3.23. The molecule has 0 unspecified atom stereocenters. The Kier molecular flexibility index (Phi) is 12.2. The molecule has 7 nitrogen and oxygen atoms in total. The monoisotopic (exact) mass is 771 g/mol. The van der Waals surface area contributed by atoms with Gasteiger partial charge in [-0.05, 0) is 45.5 Å². The highest BCUT2D eigenvalue weighted by atomic mass is 19.2. The van der Waals surface area contributed by atoms with Gasteiger partial charge in [-0.2, -0.15) is 0 Å². The van der Waals surface area contributed by atoms with Crippen molar-refractivity contribution in [1.29, 1.82) is 0 Å². The van der Waals surface area contributed by atoms with Gasteiger partial charge in [0.05, 0.1) is 18.8 Å². The summed E-state index contributed by atoms with van der Waals surface area (Å²) >= 11 is 0. The number of halogens is 5. The standard InChI is InChI=1S/C44H42F5N3O4/c1-27-35(25-52-19-17-51(18-20-52)24-28-7-3-2-4-8-28)55-44(56-42(27)31-15-13-29(26-53)14-16-31)34-12-6-11-33(22-34)32-10-5-9-30(21-32)23-50-43(54)36-37(45)39(47)41(49)40(48)38(36)46/h2-16,21-22,27,35,42,44,53H,17-20,23-26H2,1H3,(H,50,54)/t27-,35+,42+,44+/m1/s1. The number of nitrogens with one attached hydrogen (secondary N) is 1. The highest BCUT2D eigenvalue weighted by Crippen LogP contribution is 2.42. The summed E-state index contributed by atoms with van der Waals surface area (Å²) in [4.78, 5) is 17.5. The number of benzene rings is 5. The highest BCUT2D eigenvalue weighted by molar-refractivity contribution is 5.94. The van der Waals surface area contributed by atoms with E-state index in [0.29, 0.717) is 5.56 Å². The zero-order valence-electron chi connectivity index (χ0n) is 30.7. The van der Waals surface area contributed by atoms with E-state index in [1.807, 2.05) is 60.7 Å². The summed E-state index contributed by atoms with van der Waals surface area (Å²) in [5.41, 5.74) is 4.41. The van der Waals surface area contributed by atoms with Crippen LogP contribution >= 0.6 is 0 Å². The maximum atomic E-state index is 14.2. The first-order chi connectivity index (χ1) is 27.1. The fourth-order valence-corrected chi connectivity index (χ4v) is 7.35. The molecule has 12 heteroatoms. The van der Waals surface area contributed by atoms with Crippen molar-refractivity contribution >= 4 is 5.91 Å². The molecule has 2 N–H and O–H groups in total. The Hall–Kier alpha value is -4.98. The van der Waals surface area contributed by atoms with Crippen LogP contribution in [0.1, 0.15) is 57.5 Å². The van der Waals surface area contributed by atoms with Gasteiger partial charge >= 0.3 is 0 Å². The number of hydrogen-bond donors (Lipinski definition) is 2. The van der Waals surface area contributed by atoms with Crippen molar-refractivity contribution in [3.05, 3.63) is 166 Å². The number of amides is 1.